The first-order valence-corrected chi connectivity index (χ1v) is 8.93. The van der Waals surface area contributed by atoms with E-state index in [-0.39, 0.29) is 5.25 Å². The van der Waals surface area contributed by atoms with Crippen molar-refractivity contribution in [2.24, 2.45) is 0 Å². The van der Waals surface area contributed by atoms with Crippen molar-refractivity contribution >= 4 is 10.8 Å². The van der Waals surface area contributed by atoms with Gasteiger partial charge in [-0.1, -0.05) is 59.8 Å². The second-order valence-electron chi connectivity index (χ2n) is 5.60. The Morgan fingerprint density at radius 1 is 1.04 bits per heavy atom. The van der Waals surface area contributed by atoms with E-state index in [9.17, 15) is 4.21 Å². The summed E-state index contributed by atoms with van der Waals surface area (Å²) >= 11 is 0. The Balaban J connectivity index is 1.98. The Hall–Kier alpha value is -2.20. The molecule has 3 nitrogen and oxygen atoms in total. The zero-order valence-corrected chi connectivity index (χ0v) is 14.0. The molecule has 118 valence electrons. The summed E-state index contributed by atoms with van der Waals surface area (Å²) in [7, 11) is -1.13. The molecule has 0 spiro atoms. The third-order valence-electron chi connectivity index (χ3n) is 3.80. The van der Waals surface area contributed by atoms with Crippen LogP contribution in [0.3, 0.4) is 0 Å². The molecule has 0 amide bonds. The van der Waals surface area contributed by atoms with Gasteiger partial charge < -0.3 is 4.52 Å². The number of hydrogen-bond acceptors (Lipinski definition) is 3. The van der Waals surface area contributed by atoms with Gasteiger partial charge in [-0.2, -0.15) is 0 Å². The molecule has 0 aliphatic carbocycles. The number of nitrogens with zero attached hydrogens (tertiary/aromatic N) is 1. The topological polar surface area (TPSA) is 43.1 Å². The monoisotopic (exact) mass is 325 g/mol. The van der Waals surface area contributed by atoms with Crippen LogP contribution < -0.4 is 0 Å². The molecule has 0 fully saturated rings. The van der Waals surface area contributed by atoms with Crippen LogP contribution in [0, 0.1) is 13.8 Å². The van der Waals surface area contributed by atoms with Gasteiger partial charge in [0, 0.05) is 16.9 Å². The number of hydrogen-bond donors (Lipinski definition) is 0. The van der Waals surface area contributed by atoms with Crippen LogP contribution in [0.15, 0.2) is 65.2 Å². The SMILES string of the molecule is Cc1cc(C[S@@](=O)[C@H](c2ccccc2)c2ccccc2C)no1. The molecule has 0 unspecified atom stereocenters. The van der Waals surface area contributed by atoms with Gasteiger partial charge in [-0.25, -0.2) is 0 Å². The molecule has 0 saturated carbocycles. The van der Waals surface area contributed by atoms with Gasteiger partial charge >= 0.3 is 0 Å². The van der Waals surface area contributed by atoms with Gasteiger partial charge in [0.15, 0.2) is 0 Å². The molecule has 4 heteroatoms. The zero-order chi connectivity index (χ0) is 16.2. The maximum absolute atomic E-state index is 13.1. The highest BCUT2D eigenvalue weighted by Gasteiger charge is 2.23. The second kappa shape index (κ2) is 6.92. The highest BCUT2D eigenvalue weighted by molar-refractivity contribution is 7.84. The van der Waals surface area contributed by atoms with Crippen molar-refractivity contribution in [1.29, 1.82) is 0 Å². The summed E-state index contributed by atoms with van der Waals surface area (Å²) in [6.45, 7) is 3.90. The molecular weight excluding hydrogens is 306 g/mol. The minimum atomic E-state index is -1.13. The third-order valence-corrected chi connectivity index (χ3v) is 5.44. The van der Waals surface area contributed by atoms with E-state index in [1.807, 2.05) is 55.5 Å². The molecule has 0 saturated heterocycles. The van der Waals surface area contributed by atoms with E-state index in [4.69, 9.17) is 4.52 Å². The zero-order valence-electron chi connectivity index (χ0n) is 13.2. The van der Waals surface area contributed by atoms with E-state index < -0.39 is 10.8 Å². The number of aryl methyl sites for hydroxylation is 2. The van der Waals surface area contributed by atoms with Crippen LogP contribution in [0.4, 0.5) is 0 Å². The highest BCUT2D eigenvalue weighted by Crippen LogP contribution is 2.31. The maximum Gasteiger partial charge on any atom is 0.133 e. The Morgan fingerprint density at radius 3 is 2.39 bits per heavy atom. The van der Waals surface area contributed by atoms with Gasteiger partial charge in [0.05, 0.1) is 16.7 Å². The summed E-state index contributed by atoms with van der Waals surface area (Å²) in [5.74, 6) is 1.12. The van der Waals surface area contributed by atoms with E-state index in [1.165, 1.54) is 0 Å². The van der Waals surface area contributed by atoms with Crippen molar-refractivity contribution in [2.45, 2.75) is 24.9 Å². The lowest BCUT2D eigenvalue weighted by atomic mass is 10.0. The molecule has 0 aliphatic heterocycles. The smallest absolute Gasteiger partial charge is 0.133 e. The molecule has 0 radical (unpaired) electrons. The molecule has 23 heavy (non-hydrogen) atoms. The summed E-state index contributed by atoms with van der Waals surface area (Å²) in [4.78, 5) is 0. The number of aromatic nitrogens is 1. The average Bonchev–Trinajstić information content (AvgIpc) is 2.95. The predicted molar refractivity (Wildman–Crippen MR) is 92.6 cm³/mol. The molecule has 1 heterocycles. The van der Waals surface area contributed by atoms with Gasteiger partial charge in [-0.3, -0.25) is 4.21 Å². The maximum atomic E-state index is 13.1. The Bertz CT molecular complexity index is 811. The van der Waals surface area contributed by atoms with Crippen LogP contribution >= 0.6 is 0 Å². The standard InChI is InChI=1S/C19H19NO2S/c1-14-8-6-7-11-18(14)19(16-9-4-3-5-10-16)23(21)13-17-12-15(2)22-20-17/h3-12,19H,13H2,1-2H3/t19-,23-/m1/s1. The Kier molecular flexibility index (Phi) is 4.72. The lowest BCUT2D eigenvalue weighted by Crippen LogP contribution is -2.12. The first kappa shape index (κ1) is 15.7. The Morgan fingerprint density at radius 2 is 1.74 bits per heavy atom. The third kappa shape index (κ3) is 3.59. The van der Waals surface area contributed by atoms with Crippen LogP contribution in [0.5, 0.6) is 0 Å². The largest absolute Gasteiger partial charge is 0.361 e. The summed E-state index contributed by atoms with van der Waals surface area (Å²) in [5.41, 5.74) is 4.03. The summed E-state index contributed by atoms with van der Waals surface area (Å²) in [6.07, 6.45) is 0. The van der Waals surface area contributed by atoms with Crippen LogP contribution in [-0.2, 0) is 16.6 Å². The predicted octanol–water partition coefficient (Wildman–Crippen LogP) is 4.33. The summed E-state index contributed by atoms with van der Waals surface area (Å²) in [6, 6.07) is 20.0. The van der Waals surface area contributed by atoms with Crippen LogP contribution in [0.25, 0.3) is 0 Å². The molecule has 2 aromatic carbocycles. The first-order chi connectivity index (χ1) is 11.1. The molecular formula is C19H19NO2S. The van der Waals surface area contributed by atoms with Crippen LogP contribution in [-0.4, -0.2) is 9.37 Å². The van der Waals surface area contributed by atoms with E-state index in [2.05, 4.69) is 24.2 Å². The molecule has 3 aromatic rings. The van der Waals surface area contributed by atoms with E-state index in [0.717, 1.165) is 28.1 Å². The lowest BCUT2D eigenvalue weighted by Gasteiger charge is -2.19. The van der Waals surface area contributed by atoms with Gasteiger partial charge in [0.25, 0.3) is 0 Å². The second-order valence-corrected chi connectivity index (χ2v) is 7.12. The van der Waals surface area contributed by atoms with Gasteiger partial charge in [0.1, 0.15) is 5.76 Å². The minimum Gasteiger partial charge on any atom is -0.361 e. The van der Waals surface area contributed by atoms with Crippen molar-refractivity contribution in [2.75, 3.05) is 0 Å². The average molecular weight is 325 g/mol. The van der Waals surface area contributed by atoms with Crippen LogP contribution in [0.2, 0.25) is 0 Å². The minimum absolute atomic E-state index is 0.172. The summed E-state index contributed by atoms with van der Waals surface area (Å²) in [5, 5.41) is 3.81. The fourth-order valence-corrected chi connectivity index (χ4v) is 4.30. The van der Waals surface area contributed by atoms with Crippen LogP contribution in [0.1, 0.15) is 33.4 Å². The van der Waals surface area contributed by atoms with E-state index in [0.29, 0.717) is 5.75 Å². The fourth-order valence-electron chi connectivity index (χ4n) is 2.70. The normalized spacial score (nSPS) is 13.7. The summed E-state index contributed by atoms with van der Waals surface area (Å²) < 4.78 is 18.2. The first-order valence-electron chi connectivity index (χ1n) is 7.55. The fraction of sp³-hybridized carbons (Fsp3) is 0.211. The molecule has 0 aliphatic rings. The lowest BCUT2D eigenvalue weighted by molar-refractivity contribution is 0.392. The van der Waals surface area contributed by atoms with Gasteiger partial charge in [-0.15, -0.1) is 0 Å². The highest BCUT2D eigenvalue weighted by atomic mass is 32.2. The van der Waals surface area contributed by atoms with Gasteiger partial charge in [-0.05, 0) is 30.5 Å². The molecule has 2 atom stereocenters. The number of benzene rings is 2. The van der Waals surface area contributed by atoms with Crippen molar-refractivity contribution in [3.05, 3.63) is 88.8 Å². The van der Waals surface area contributed by atoms with Crippen molar-refractivity contribution in [3.63, 3.8) is 0 Å². The van der Waals surface area contributed by atoms with Crippen molar-refractivity contribution in [3.8, 4) is 0 Å². The van der Waals surface area contributed by atoms with E-state index >= 15 is 0 Å². The quantitative estimate of drug-likeness (QED) is 0.701. The molecule has 3 rings (SSSR count). The van der Waals surface area contributed by atoms with Crippen molar-refractivity contribution in [1.82, 2.24) is 5.16 Å². The van der Waals surface area contributed by atoms with E-state index in [1.54, 1.807) is 0 Å². The Labute approximate surface area is 138 Å². The molecule has 0 bridgehead atoms. The molecule has 0 N–H and O–H groups in total. The van der Waals surface area contributed by atoms with Crippen molar-refractivity contribution < 1.29 is 8.73 Å². The number of rotatable bonds is 5. The molecule has 1 aromatic heterocycles. The van der Waals surface area contributed by atoms with Gasteiger partial charge in [0.2, 0.25) is 0 Å².